The SMILES string of the molecule is CCCSc1nc2sc(CCC)c(C)c2c(=O)n1-c1ccc(CC)cc1. The summed E-state index contributed by atoms with van der Waals surface area (Å²) in [6.45, 7) is 8.53. The molecule has 3 aromatic rings. The van der Waals surface area contributed by atoms with Crippen molar-refractivity contribution in [3.63, 3.8) is 0 Å². The fourth-order valence-electron chi connectivity index (χ4n) is 3.07. The highest BCUT2D eigenvalue weighted by molar-refractivity contribution is 7.99. The molecule has 3 rings (SSSR count). The van der Waals surface area contributed by atoms with E-state index < -0.39 is 0 Å². The molecule has 0 aliphatic carbocycles. The zero-order chi connectivity index (χ0) is 18.7. The van der Waals surface area contributed by atoms with E-state index in [9.17, 15) is 4.79 Å². The molecule has 0 aliphatic rings. The first-order valence-corrected chi connectivity index (χ1v) is 11.2. The summed E-state index contributed by atoms with van der Waals surface area (Å²) in [6, 6.07) is 8.28. The van der Waals surface area contributed by atoms with Gasteiger partial charge < -0.3 is 0 Å². The van der Waals surface area contributed by atoms with Gasteiger partial charge in [0.1, 0.15) is 4.83 Å². The van der Waals surface area contributed by atoms with E-state index in [1.807, 2.05) is 12.1 Å². The maximum Gasteiger partial charge on any atom is 0.267 e. The molecule has 138 valence electrons. The molecule has 0 unspecified atom stereocenters. The van der Waals surface area contributed by atoms with Gasteiger partial charge >= 0.3 is 0 Å². The summed E-state index contributed by atoms with van der Waals surface area (Å²) in [5, 5.41) is 1.59. The first kappa shape index (κ1) is 19.2. The number of thioether (sulfide) groups is 1. The van der Waals surface area contributed by atoms with E-state index in [0.717, 1.165) is 58.1 Å². The second-order valence-corrected chi connectivity index (χ2v) is 8.63. The highest BCUT2D eigenvalue weighted by Gasteiger charge is 2.18. The number of benzene rings is 1. The first-order valence-electron chi connectivity index (χ1n) is 9.37. The third-order valence-corrected chi connectivity index (χ3v) is 6.94. The first-order chi connectivity index (χ1) is 12.6. The van der Waals surface area contributed by atoms with Gasteiger partial charge in [-0.2, -0.15) is 0 Å². The van der Waals surface area contributed by atoms with Crippen molar-refractivity contribution in [1.29, 1.82) is 0 Å². The van der Waals surface area contributed by atoms with E-state index in [1.54, 1.807) is 27.7 Å². The lowest BCUT2D eigenvalue weighted by molar-refractivity contribution is 0.820. The van der Waals surface area contributed by atoms with Crippen molar-refractivity contribution in [2.24, 2.45) is 0 Å². The Bertz CT molecular complexity index is 955. The van der Waals surface area contributed by atoms with E-state index in [0.29, 0.717) is 0 Å². The van der Waals surface area contributed by atoms with E-state index >= 15 is 0 Å². The minimum Gasteiger partial charge on any atom is -0.268 e. The maximum absolute atomic E-state index is 13.4. The summed E-state index contributed by atoms with van der Waals surface area (Å²) in [4.78, 5) is 20.5. The molecule has 0 fully saturated rings. The number of aryl methyl sites for hydroxylation is 3. The van der Waals surface area contributed by atoms with Gasteiger partial charge in [0.25, 0.3) is 5.56 Å². The van der Waals surface area contributed by atoms with Crippen LogP contribution in [0.25, 0.3) is 15.9 Å². The fraction of sp³-hybridized carbons (Fsp3) is 0.429. The van der Waals surface area contributed by atoms with Gasteiger partial charge in [-0.25, -0.2) is 4.98 Å². The number of hydrogen-bond acceptors (Lipinski definition) is 4. The monoisotopic (exact) mass is 386 g/mol. The van der Waals surface area contributed by atoms with Gasteiger partial charge in [-0.05, 0) is 49.4 Å². The molecule has 0 saturated carbocycles. The average molecular weight is 387 g/mol. The lowest BCUT2D eigenvalue weighted by atomic mass is 10.1. The predicted octanol–water partition coefficient (Wildman–Crippen LogP) is 5.77. The second-order valence-electron chi connectivity index (χ2n) is 6.48. The molecule has 0 saturated heterocycles. The van der Waals surface area contributed by atoms with Crippen molar-refractivity contribution >= 4 is 33.3 Å². The standard InChI is InChI=1S/C21H26N2OS2/c1-5-8-17-14(4)18-19(26-17)22-21(25-13-6-2)23(20(18)24)16-11-9-15(7-3)10-12-16/h9-12H,5-8,13H2,1-4H3. The maximum atomic E-state index is 13.4. The highest BCUT2D eigenvalue weighted by Crippen LogP contribution is 2.31. The van der Waals surface area contributed by atoms with Gasteiger partial charge in [0.15, 0.2) is 5.16 Å². The second kappa shape index (κ2) is 8.40. The van der Waals surface area contributed by atoms with Crippen LogP contribution in [0.5, 0.6) is 0 Å². The van der Waals surface area contributed by atoms with Gasteiger partial charge in [0.05, 0.1) is 11.1 Å². The van der Waals surface area contributed by atoms with Crippen LogP contribution in [0.4, 0.5) is 0 Å². The Morgan fingerprint density at radius 2 is 1.85 bits per heavy atom. The van der Waals surface area contributed by atoms with Crippen LogP contribution in [0.15, 0.2) is 34.2 Å². The molecule has 1 aromatic carbocycles. The number of fused-ring (bicyclic) bond motifs is 1. The van der Waals surface area contributed by atoms with Crippen LogP contribution < -0.4 is 5.56 Å². The Labute approximate surface area is 163 Å². The Morgan fingerprint density at radius 1 is 1.12 bits per heavy atom. The van der Waals surface area contributed by atoms with E-state index in [-0.39, 0.29) is 5.56 Å². The molecule has 0 N–H and O–H groups in total. The number of hydrogen-bond donors (Lipinski definition) is 0. The summed E-state index contributed by atoms with van der Waals surface area (Å²) >= 11 is 3.35. The lowest BCUT2D eigenvalue weighted by Crippen LogP contribution is -2.21. The fourth-order valence-corrected chi connectivity index (χ4v) is 5.26. The van der Waals surface area contributed by atoms with Crippen LogP contribution in [0, 0.1) is 6.92 Å². The van der Waals surface area contributed by atoms with E-state index in [4.69, 9.17) is 4.98 Å². The minimum absolute atomic E-state index is 0.0638. The molecular weight excluding hydrogens is 360 g/mol. The highest BCUT2D eigenvalue weighted by atomic mass is 32.2. The Balaban J connectivity index is 2.24. The summed E-state index contributed by atoms with van der Waals surface area (Å²) in [6.07, 6.45) is 4.14. The molecule has 2 aromatic heterocycles. The molecular formula is C21H26N2OS2. The van der Waals surface area contributed by atoms with Crippen molar-refractivity contribution in [1.82, 2.24) is 9.55 Å². The van der Waals surface area contributed by atoms with Crippen LogP contribution in [-0.2, 0) is 12.8 Å². The smallest absolute Gasteiger partial charge is 0.267 e. The van der Waals surface area contributed by atoms with Crippen molar-refractivity contribution in [3.05, 3.63) is 50.6 Å². The third-order valence-electron chi connectivity index (χ3n) is 4.55. The van der Waals surface area contributed by atoms with Crippen LogP contribution >= 0.6 is 23.1 Å². The van der Waals surface area contributed by atoms with Crippen molar-refractivity contribution in [3.8, 4) is 5.69 Å². The molecule has 0 aliphatic heterocycles. The Hall–Kier alpha value is -1.59. The third kappa shape index (κ3) is 3.60. The molecule has 0 spiro atoms. The molecule has 0 atom stereocenters. The molecule has 2 heterocycles. The summed E-state index contributed by atoms with van der Waals surface area (Å²) in [5.74, 6) is 0.956. The topological polar surface area (TPSA) is 34.9 Å². The van der Waals surface area contributed by atoms with Crippen molar-refractivity contribution in [2.45, 2.75) is 58.5 Å². The van der Waals surface area contributed by atoms with Crippen molar-refractivity contribution in [2.75, 3.05) is 5.75 Å². The molecule has 5 heteroatoms. The average Bonchev–Trinajstić information content (AvgIpc) is 2.96. The van der Waals surface area contributed by atoms with Crippen molar-refractivity contribution < 1.29 is 0 Å². The number of nitrogens with zero attached hydrogens (tertiary/aromatic N) is 2. The molecule has 26 heavy (non-hydrogen) atoms. The Kier molecular flexibility index (Phi) is 6.20. The van der Waals surface area contributed by atoms with E-state index in [2.05, 4.69) is 39.8 Å². The van der Waals surface area contributed by atoms with Gasteiger partial charge in [-0.15, -0.1) is 11.3 Å². The quantitative estimate of drug-likeness (QED) is 0.382. The number of aromatic nitrogens is 2. The number of thiophene rings is 1. The van der Waals surface area contributed by atoms with Gasteiger partial charge in [0.2, 0.25) is 0 Å². The largest absolute Gasteiger partial charge is 0.268 e. The van der Waals surface area contributed by atoms with Gasteiger partial charge in [-0.3, -0.25) is 9.36 Å². The summed E-state index contributed by atoms with van der Waals surface area (Å²) in [5.41, 5.74) is 3.35. The summed E-state index contributed by atoms with van der Waals surface area (Å²) in [7, 11) is 0. The zero-order valence-corrected chi connectivity index (χ0v) is 17.6. The lowest BCUT2D eigenvalue weighted by Gasteiger charge is -2.12. The van der Waals surface area contributed by atoms with Crippen LogP contribution in [0.3, 0.4) is 0 Å². The zero-order valence-electron chi connectivity index (χ0n) is 16.0. The molecule has 0 amide bonds. The predicted molar refractivity (Wildman–Crippen MR) is 114 cm³/mol. The summed E-state index contributed by atoms with van der Waals surface area (Å²) < 4.78 is 1.80. The minimum atomic E-state index is 0.0638. The van der Waals surface area contributed by atoms with E-state index in [1.165, 1.54) is 10.4 Å². The normalized spacial score (nSPS) is 11.4. The van der Waals surface area contributed by atoms with Gasteiger partial charge in [-0.1, -0.05) is 51.1 Å². The molecule has 0 radical (unpaired) electrons. The Morgan fingerprint density at radius 3 is 2.46 bits per heavy atom. The molecule has 0 bridgehead atoms. The molecule has 3 nitrogen and oxygen atoms in total. The van der Waals surface area contributed by atoms with Gasteiger partial charge in [0, 0.05) is 10.6 Å². The number of rotatable bonds is 7. The van der Waals surface area contributed by atoms with Crippen LogP contribution in [-0.4, -0.2) is 15.3 Å². The van der Waals surface area contributed by atoms with Crippen LogP contribution in [0.1, 0.15) is 49.6 Å². The van der Waals surface area contributed by atoms with Crippen LogP contribution in [0.2, 0.25) is 0 Å².